The molecule has 0 spiro atoms. The van der Waals surface area contributed by atoms with E-state index < -0.39 is 0 Å². The third-order valence-corrected chi connectivity index (χ3v) is 8.95. The third-order valence-electron chi connectivity index (χ3n) is 8.58. The summed E-state index contributed by atoms with van der Waals surface area (Å²) in [5.41, 5.74) is 5.38. The quantitative estimate of drug-likeness (QED) is 0.234. The molecule has 2 fully saturated rings. The van der Waals surface area contributed by atoms with E-state index in [4.69, 9.17) is 0 Å². The number of rotatable bonds is 7. The molecule has 5 aromatic rings. The van der Waals surface area contributed by atoms with Crippen molar-refractivity contribution < 1.29 is 9.59 Å². The molecule has 0 bridgehead atoms. The van der Waals surface area contributed by atoms with Gasteiger partial charge in [0.2, 0.25) is 11.8 Å². The van der Waals surface area contributed by atoms with Gasteiger partial charge in [-0.15, -0.1) is 12.6 Å². The lowest BCUT2D eigenvalue weighted by molar-refractivity contribution is -0.132. The Morgan fingerprint density at radius 3 is 2.51 bits per heavy atom. The number of benzene rings is 2. The zero-order valence-corrected chi connectivity index (χ0v) is 25.5. The van der Waals surface area contributed by atoms with Gasteiger partial charge in [0.05, 0.1) is 23.7 Å². The first-order valence-electron chi connectivity index (χ1n) is 15.1. The maximum absolute atomic E-state index is 13.2. The Morgan fingerprint density at radius 1 is 0.933 bits per heavy atom. The van der Waals surface area contributed by atoms with Gasteiger partial charge in [0.15, 0.2) is 5.82 Å². The van der Waals surface area contributed by atoms with Crippen molar-refractivity contribution in [2.75, 3.05) is 56.0 Å². The van der Waals surface area contributed by atoms with Crippen LogP contribution >= 0.6 is 12.6 Å². The van der Waals surface area contributed by atoms with Crippen LogP contribution in [0.15, 0.2) is 84.3 Å². The van der Waals surface area contributed by atoms with Gasteiger partial charge in [0.25, 0.3) is 0 Å². The molecule has 7 rings (SSSR count). The number of fused-ring (bicyclic) bond motifs is 1. The van der Waals surface area contributed by atoms with Gasteiger partial charge >= 0.3 is 0 Å². The second kappa shape index (κ2) is 12.7. The number of pyridine rings is 1. The van der Waals surface area contributed by atoms with Crippen molar-refractivity contribution in [3.63, 3.8) is 0 Å². The van der Waals surface area contributed by atoms with E-state index in [0.717, 1.165) is 70.0 Å². The van der Waals surface area contributed by atoms with Gasteiger partial charge < -0.3 is 15.1 Å². The molecule has 11 nitrogen and oxygen atoms in total. The van der Waals surface area contributed by atoms with Crippen LogP contribution in [0.2, 0.25) is 0 Å². The van der Waals surface area contributed by atoms with Gasteiger partial charge in [-0.05, 0) is 67.6 Å². The van der Waals surface area contributed by atoms with Crippen molar-refractivity contribution in [3.8, 4) is 22.6 Å². The van der Waals surface area contributed by atoms with Gasteiger partial charge in [0.1, 0.15) is 0 Å². The molecule has 0 unspecified atom stereocenters. The van der Waals surface area contributed by atoms with Crippen LogP contribution < -0.4 is 10.2 Å². The zero-order chi connectivity index (χ0) is 30.8. The molecule has 2 aliphatic heterocycles. The lowest BCUT2D eigenvalue weighted by Crippen LogP contribution is -2.51. The first-order valence-corrected chi connectivity index (χ1v) is 15.5. The van der Waals surface area contributed by atoms with Crippen LogP contribution in [-0.2, 0) is 9.59 Å². The van der Waals surface area contributed by atoms with Crippen molar-refractivity contribution in [1.29, 1.82) is 0 Å². The predicted molar refractivity (Wildman–Crippen MR) is 176 cm³/mol. The monoisotopic (exact) mass is 619 g/mol. The van der Waals surface area contributed by atoms with Gasteiger partial charge in [-0.1, -0.05) is 0 Å². The Bertz CT molecular complexity index is 1820. The maximum Gasteiger partial charge on any atom is 0.236 e. The molecule has 2 aliphatic rings. The van der Waals surface area contributed by atoms with Crippen molar-refractivity contribution >= 4 is 46.7 Å². The van der Waals surface area contributed by atoms with Crippen LogP contribution in [0.4, 0.5) is 11.4 Å². The Balaban J connectivity index is 0.905. The first-order chi connectivity index (χ1) is 22.0. The highest BCUT2D eigenvalue weighted by atomic mass is 32.1. The molecule has 0 aliphatic carbocycles. The molecule has 2 N–H and O–H groups in total. The molecule has 3 aromatic heterocycles. The number of hydrogen-bond donors (Lipinski definition) is 3. The number of carbonyl (C=O) groups excluding carboxylic acids is 2. The molecular weight excluding hydrogens is 586 g/mol. The largest absolute Gasteiger partial charge is 0.368 e. The Hall–Kier alpha value is -4.81. The number of thiol groups is 1. The second-order valence-corrected chi connectivity index (χ2v) is 11.9. The highest BCUT2D eigenvalue weighted by Crippen LogP contribution is 2.30. The number of nitrogens with one attached hydrogen (secondary N) is 2. The molecule has 2 amide bonds. The lowest BCUT2D eigenvalue weighted by atomic mass is 10.1. The topological polar surface area (TPSA) is 123 Å². The predicted octanol–water partition coefficient (Wildman–Crippen LogP) is 3.98. The third kappa shape index (κ3) is 6.24. The van der Waals surface area contributed by atoms with E-state index in [9.17, 15) is 9.59 Å². The molecule has 5 heterocycles. The molecule has 1 atom stereocenters. The van der Waals surface area contributed by atoms with Crippen molar-refractivity contribution in [2.24, 2.45) is 5.92 Å². The molecule has 2 aromatic carbocycles. The van der Waals surface area contributed by atoms with E-state index in [-0.39, 0.29) is 17.7 Å². The fourth-order valence-corrected chi connectivity index (χ4v) is 6.42. The minimum Gasteiger partial charge on any atom is -0.368 e. The highest BCUT2D eigenvalue weighted by molar-refractivity contribution is 7.80. The summed E-state index contributed by atoms with van der Waals surface area (Å²) in [5.74, 6) is 0.558. The molecule has 2 saturated heterocycles. The number of anilines is 2. The number of H-pyrrole nitrogens is 1. The number of hydrogen-bond acceptors (Lipinski definition) is 9. The Morgan fingerprint density at radius 2 is 1.73 bits per heavy atom. The first kappa shape index (κ1) is 28.9. The van der Waals surface area contributed by atoms with Gasteiger partial charge in [0, 0.05) is 90.3 Å². The molecule has 0 radical (unpaired) electrons. The fourth-order valence-electron chi connectivity index (χ4n) is 6.11. The van der Waals surface area contributed by atoms with Crippen LogP contribution in [0.25, 0.3) is 33.5 Å². The lowest BCUT2D eigenvalue weighted by Gasteiger charge is -2.37. The van der Waals surface area contributed by atoms with Crippen molar-refractivity contribution in [3.05, 3.63) is 79.4 Å². The summed E-state index contributed by atoms with van der Waals surface area (Å²) in [6.45, 7) is 4.41. The molecule has 228 valence electrons. The van der Waals surface area contributed by atoms with Crippen LogP contribution in [-0.4, -0.2) is 92.6 Å². The van der Waals surface area contributed by atoms with Gasteiger partial charge in [-0.2, -0.15) is 5.10 Å². The van der Waals surface area contributed by atoms with E-state index in [1.54, 1.807) is 30.9 Å². The summed E-state index contributed by atoms with van der Waals surface area (Å²) in [6, 6.07) is 17.5. The zero-order valence-electron chi connectivity index (χ0n) is 24.6. The maximum atomic E-state index is 13.2. The number of nitrogens with zero attached hydrogens (tertiary/aromatic N) is 7. The summed E-state index contributed by atoms with van der Waals surface area (Å²) >= 11 is 4.68. The van der Waals surface area contributed by atoms with E-state index in [0.29, 0.717) is 32.0 Å². The fraction of sp³-hybridized carbons (Fsp3) is 0.273. The van der Waals surface area contributed by atoms with E-state index in [1.807, 2.05) is 47.4 Å². The SMILES string of the molecule is O=C(Nc1ccc2n[nH]c(-c3ccncc3)c2c1)[C@@H]1CCN(CC(=O)N2CCN(c3ccc(-c4ncccn4)c(S)c3)CC2)C1. The average Bonchev–Trinajstić information content (AvgIpc) is 3.73. The minimum absolute atomic E-state index is 0.0275. The standard InChI is InChI=1S/C33H33N9O2S/c43-30(42-16-14-41(15-17-42)25-3-4-26(29(45)19-25)32-35-9-1-10-36-32)21-40-13-8-23(20-40)33(44)37-24-2-5-28-27(18-24)31(39-38-28)22-6-11-34-12-7-22/h1-7,9-12,18-19,23,45H,8,13-17,20-21H2,(H,37,44)(H,38,39)/t23-/m1/s1. The Kier molecular flexibility index (Phi) is 8.14. The second-order valence-electron chi connectivity index (χ2n) is 11.4. The Labute approximate surface area is 266 Å². The summed E-state index contributed by atoms with van der Waals surface area (Å²) in [6.07, 6.45) is 7.65. The van der Waals surface area contributed by atoms with Crippen LogP contribution in [0.1, 0.15) is 6.42 Å². The van der Waals surface area contributed by atoms with Gasteiger partial charge in [-0.3, -0.25) is 24.6 Å². The molecule has 0 saturated carbocycles. The number of carbonyl (C=O) groups is 2. The summed E-state index contributed by atoms with van der Waals surface area (Å²) < 4.78 is 0. The number of aromatic nitrogens is 5. The van der Waals surface area contributed by atoms with Crippen molar-refractivity contribution in [2.45, 2.75) is 11.3 Å². The van der Waals surface area contributed by atoms with E-state index in [2.05, 4.69) is 59.0 Å². The molecular formula is C33H33N9O2S. The number of piperazine rings is 1. The molecule has 12 heteroatoms. The number of amides is 2. The van der Waals surface area contributed by atoms with E-state index in [1.165, 1.54) is 0 Å². The van der Waals surface area contributed by atoms with Gasteiger partial charge in [-0.25, -0.2) is 9.97 Å². The summed E-state index contributed by atoms with van der Waals surface area (Å²) in [5, 5.41) is 11.5. The normalized spacial score (nSPS) is 17.1. The highest BCUT2D eigenvalue weighted by Gasteiger charge is 2.31. The number of likely N-dealkylation sites (tertiary alicyclic amines) is 1. The average molecular weight is 620 g/mol. The van der Waals surface area contributed by atoms with Crippen LogP contribution in [0, 0.1) is 5.92 Å². The van der Waals surface area contributed by atoms with Crippen LogP contribution in [0.5, 0.6) is 0 Å². The smallest absolute Gasteiger partial charge is 0.236 e. The van der Waals surface area contributed by atoms with Crippen LogP contribution in [0.3, 0.4) is 0 Å². The minimum atomic E-state index is -0.172. The van der Waals surface area contributed by atoms with E-state index >= 15 is 0 Å². The summed E-state index contributed by atoms with van der Waals surface area (Å²) in [4.78, 5) is 46.2. The summed E-state index contributed by atoms with van der Waals surface area (Å²) in [7, 11) is 0. The number of aromatic amines is 1. The van der Waals surface area contributed by atoms with Crippen molar-refractivity contribution in [1.82, 2.24) is 34.9 Å². The molecule has 45 heavy (non-hydrogen) atoms.